The molecule has 0 aromatic rings. The Morgan fingerprint density at radius 3 is 2.41 bits per heavy atom. The highest BCUT2D eigenvalue weighted by molar-refractivity contribution is 4.85. The van der Waals surface area contributed by atoms with Gasteiger partial charge in [0.1, 0.15) is 0 Å². The van der Waals surface area contributed by atoms with E-state index in [1.165, 1.54) is 71.0 Å². The average molecular weight is 238 g/mol. The fourth-order valence-corrected chi connectivity index (χ4v) is 3.30. The SMILES string of the molecule is CCN(CCC1(CN)CCCCC1)CC1CC1. The Hall–Kier alpha value is -0.0800. The molecule has 100 valence electrons. The third-order valence-electron chi connectivity index (χ3n) is 4.97. The van der Waals surface area contributed by atoms with Crippen molar-refractivity contribution >= 4 is 0 Å². The topological polar surface area (TPSA) is 29.3 Å². The lowest BCUT2D eigenvalue weighted by Crippen LogP contribution is -2.37. The monoisotopic (exact) mass is 238 g/mol. The molecule has 0 aromatic carbocycles. The molecule has 0 unspecified atom stereocenters. The highest BCUT2D eigenvalue weighted by Crippen LogP contribution is 2.38. The fraction of sp³-hybridized carbons (Fsp3) is 1.00. The normalized spacial score (nSPS) is 24.2. The molecule has 2 nitrogen and oxygen atoms in total. The molecule has 2 N–H and O–H groups in total. The van der Waals surface area contributed by atoms with Crippen LogP contribution in [-0.2, 0) is 0 Å². The molecule has 0 radical (unpaired) electrons. The number of nitrogens with two attached hydrogens (primary N) is 1. The van der Waals surface area contributed by atoms with Gasteiger partial charge < -0.3 is 10.6 Å². The number of hydrogen-bond acceptors (Lipinski definition) is 2. The predicted octanol–water partition coefficient (Wildman–Crippen LogP) is 3.02. The van der Waals surface area contributed by atoms with E-state index in [0.29, 0.717) is 5.41 Å². The molecular formula is C15H30N2. The molecule has 0 aromatic heterocycles. The van der Waals surface area contributed by atoms with Gasteiger partial charge in [-0.2, -0.15) is 0 Å². The Bertz CT molecular complexity index is 217. The molecule has 2 aliphatic rings. The van der Waals surface area contributed by atoms with Crippen molar-refractivity contribution in [3.8, 4) is 0 Å². The van der Waals surface area contributed by atoms with Crippen LogP contribution in [0.2, 0.25) is 0 Å². The zero-order valence-corrected chi connectivity index (χ0v) is 11.6. The van der Waals surface area contributed by atoms with E-state index < -0.39 is 0 Å². The summed E-state index contributed by atoms with van der Waals surface area (Å²) in [6.45, 7) is 7.06. The predicted molar refractivity (Wildman–Crippen MR) is 74.0 cm³/mol. The van der Waals surface area contributed by atoms with Gasteiger partial charge in [0.05, 0.1) is 0 Å². The summed E-state index contributed by atoms with van der Waals surface area (Å²) < 4.78 is 0. The van der Waals surface area contributed by atoms with Crippen molar-refractivity contribution in [1.82, 2.24) is 4.90 Å². The van der Waals surface area contributed by atoms with Crippen molar-refractivity contribution in [2.45, 2.75) is 58.3 Å². The summed E-state index contributed by atoms with van der Waals surface area (Å²) >= 11 is 0. The molecule has 0 atom stereocenters. The van der Waals surface area contributed by atoms with Crippen LogP contribution in [0.25, 0.3) is 0 Å². The van der Waals surface area contributed by atoms with Crippen LogP contribution in [-0.4, -0.2) is 31.1 Å². The summed E-state index contributed by atoms with van der Waals surface area (Å²) in [6, 6.07) is 0. The van der Waals surface area contributed by atoms with Crippen molar-refractivity contribution in [2.24, 2.45) is 17.1 Å². The molecule has 0 heterocycles. The van der Waals surface area contributed by atoms with Crippen LogP contribution in [0.1, 0.15) is 58.3 Å². The lowest BCUT2D eigenvalue weighted by atomic mass is 9.72. The summed E-state index contributed by atoms with van der Waals surface area (Å²) in [5, 5.41) is 0. The summed E-state index contributed by atoms with van der Waals surface area (Å²) in [6.07, 6.45) is 11.3. The van der Waals surface area contributed by atoms with Crippen LogP contribution in [0.15, 0.2) is 0 Å². The summed E-state index contributed by atoms with van der Waals surface area (Å²) in [5.41, 5.74) is 6.56. The molecule has 0 spiro atoms. The van der Waals surface area contributed by atoms with Crippen LogP contribution < -0.4 is 5.73 Å². The second kappa shape index (κ2) is 6.19. The smallest absolute Gasteiger partial charge is 0.000955 e. The van der Waals surface area contributed by atoms with E-state index in [-0.39, 0.29) is 0 Å². The Labute approximate surface area is 107 Å². The highest BCUT2D eigenvalue weighted by Gasteiger charge is 2.31. The minimum absolute atomic E-state index is 0.495. The maximum absolute atomic E-state index is 6.06. The third kappa shape index (κ3) is 3.96. The molecule has 2 aliphatic carbocycles. The minimum atomic E-state index is 0.495. The molecule has 2 fully saturated rings. The lowest BCUT2D eigenvalue weighted by molar-refractivity contribution is 0.146. The fourth-order valence-electron chi connectivity index (χ4n) is 3.30. The van der Waals surface area contributed by atoms with Gasteiger partial charge in [0.15, 0.2) is 0 Å². The first-order valence-electron chi connectivity index (χ1n) is 7.70. The molecule has 0 bridgehead atoms. The first kappa shape index (κ1) is 13.4. The summed E-state index contributed by atoms with van der Waals surface area (Å²) in [4.78, 5) is 2.66. The quantitative estimate of drug-likeness (QED) is 0.739. The van der Waals surface area contributed by atoms with Crippen molar-refractivity contribution in [3.63, 3.8) is 0 Å². The van der Waals surface area contributed by atoms with Crippen molar-refractivity contribution < 1.29 is 0 Å². The molecule has 17 heavy (non-hydrogen) atoms. The molecule has 0 amide bonds. The second-order valence-electron chi connectivity index (χ2n) is 6.35. The van der Waals surface area contributed by atoms with Crippen molar-refractivity contribution in [3.05, 3.63) is 0 Å². The van der Waals surface area contributed by atoms with Crippen LogP contribution in [0.4, 0.5) is 0 Å². The first-order chi connectivity index (χ1) is 8.28. The van der Waals surface area contributed by atoms with E-state index in [4.69, 9.17) is 5.73 Å². The minimum Gasteiger partial charge on any atom is -0.330 e. The molecule has 2 heteroatoms. The maximum atomic E-state index is 6.06. The van der Waals surface area contributed by atoms with Gasteiger partial charge >= 0.3 is 0 Å². The van der Waals surface area contributed by atoms with Gasteiger partial charge in [-0.15, -0.1) is 0 Å². The zero-order valence-electron chi connectivity index (χ0n) is 11.6. The van der Waals surface area contributed by atoms with Crippen molar-refractivity contribution in [1.29, 1.82) is 0 Å². The number of nitrogens with zero attached hydrogens (tertiary/aromatic N) is 1. The first-order valence-corrected chi connectivity index (χ1v) is 7.70. The average Bonchev–Trinajstić information content (AvgIpc) is 3.19. The van der Waals surface area contributed by atoms with Crippen LogP contribution in [0.5, 0.6) is 0 Å². The van der Waals surface area contributed by atoms with E-state index in [2.05, 4.69) is 11.8 Å². The Morgan fingerprint density at radius 1 is 1.18 bits per heavy atom. The van der Waals surface area contributed by atoms with Gasteiger partial charge in [-0.1, -0.05) is 26.2 Å². The zero-order chi connectivity index (χ0) is 12.1. The molecule has 0 aliphatic heterocycles. The lowest BCUT2D eigenvalue weighted by Gasteiger charge is -2.38. The van der Waals surface area contributed by atoms with Gasteiger partial charge in [0.2, 0.25) is 0 Å². The largest absolute Gasteiger partial charge is 0.330 e. The van der Waals surface area contributed by atoms with Gasteiger partial charge in [-0.3, -0.25) is 0 Å². The molecular weight excluding hydrogens is 208 g/mol. The summed E-state index contributed by atoms with van der Waals surface area (Å²) in [5.74, 6) is 1.02. The second-order valence-corrected chi connectivity index (χ2v) is 6.35. The standard InChI is InChI=1S/C15H30N2/c1-2-17(12-14-6-7-14)11-10-15(13-16)8-4-3-5-9-15/h14H,2-13,16H2,1H3. The highest BCUT2D eigenvalue weighted by atomic mass is 15.1. The van der Waals surface area contributed by atoms with Crippen LogP contribution >= 0.6 is 0 Å². The molecule has 2 saturated carbocycles. The van der Waals surface area contributed by atoms with Gasteiger partial charge in [-0.05, 0) is 63.1 Å². The molecule has 0 saturated heterocycles. The Balaban J connectivity index is 1.76. The van der Waals surface area contributed by atoms with E-state index in [1.54, 1.807) is 0 Å². The van der Waals surface area contributed by atoms with E-state index in [9.17, 15) is 0 Å². The van der Waals surface area contributed by atoms with Gasteiger partial charge in [0.25, 0.3) is 0 Å². The van der Waals surface area contributed by atoms with Crippen LogP contribution in [0.3, 0.4) is 0 Å². The van der Waals surface area contributed by atoms with Crippen LogP contribution in [0, 0.1) is 11.3 Å². The number of rotatable bonds is 7. The molecule has 2 rings (SSSR count). The Morgan fingerprint density at radius 2 is 1.88 bits per heavy atom. The summed E-state index contributed by atoms with van der Waals surface area (Å²) in [7, 11) is 0. The Kier molecular flexibility index (Phi) is 4.87. The number of hydrogen-bond donors (Lipinski definition) is 1. The van der Waals surface area contributed by atoms with Gasteiger partial charge in [-0.25, -0.2) is 0 Å². The van der Waals surface area contributed by atoms with Gasteiger partial charge in [0, 0.05) is 6.54 Å². The van der Waals surface area contributed by atoms with E-state index >= 15 is 0 Å². The van der Waals surface area contributed by atoms with Crippen molar-refractivity contribution in [2.75, 3.05) is 26.2 Å². The van der Waals surface area contributed by atoms with E-state index in [1.807, 2.05) is 0 Å². The third-order valence-corrected chi connectivity index (χ3v) is 4.97. The maximum Gasteiger partial charge on any atom is 0.000955 e. The van der Waals surface area contributed by atoms with E-state index in [0.717, 1.165) is 12.5 Å².